The van der Waals surface area contributed by atoms with Crippen LogP contribution in [-0.2, 0) is 0 Å². The highest BCUT2D eigenvalue weighted by atomic mass is 16.5. The monoisotopic (exact) mass is 219 g/mol. The molecule has 88 valence electrons. The molecule has 2 atom stereocenters. The number of hydrogen-bond acceptors (Lipinski definition) is 2. The van der Waals surface area contributed by atoms with E-state index in [1.165, 1.54) is 24.0 Å². The molecular formula is C14H21NO. The lowest BCUT2D eigenvalue weighted by Crippen LogP contribution is -2.18. The summed E-state index contributed by atoms with van der Waals surface area (Å²) in [6, 6.07) is 6.90. The van der Waals surface area contributed by atoms with Gasteiger partial charge in [-0.2, -0.15) is 0 Å². The van der Waals surface area contributed by atoms with Gasteiger partial charge in [0.2, 0.25) is 0 Å². The van der Waals surface area contributed by atoms with Crippen molar-refractivity contribution in [1.29, 1.82) is 0 Å². The van der Waals surface area contributed by atoms with Crippen LogP contribution in [0.25, 0.3) is 0 Å². The Morgan fingerprint density at radius 3 is 2.94 bits per heavy atom. The Kier molecular flexibility index (Phi) is 3.49. The summed E-state index contributed by atoms with van der Waals surface area (Å²) in [5.74, 6) is 1.80. The van der Waals surface area contributed by atoms with Crippen LogP contribution in [0.2, 0.25) is 0 Å². The number of aryl methyl sites for hydroxylation is 1. The first-order valence-corrected chi connectivity index (χ1v) is 6.14. The molecule has 1 aromatic carbocycles. The minimum Gasteiger partial charge on any atom is -0.496 e. The first kappa shape index (κ1) is 11.5. The van der Waals surface area contributed by atoms with E-state index in [1.807, 2.05) is 0 Å². The lowest BCUT2D eigenvalue weighted by Gasteiger charge is -2.22. The zero-order valence-corrected chi connectivity index (χ0v) is 10.4. The van der Waals surface area contributed by atoms with Crippen molar-refractivity contribution in [1.82, 2.24) is 5.32 Å². The van der Waals surface area contributed by atoms with Crippen LogP contribution < -0.4 is 10.1 Å². The van der Waals surface area contributed by atoms with Gasteiger partial charge in [-0.25, -0.2) is 0 Å². The Labute approximate surface area is 98.0 Å². The summed E-state index contributed by atoms with van der Waals surface area (Å²) in [4.78, 5) is 0. The van der Waals surface area contributed by atoms with Crippen molar-refractivity contribution in [2.75, 3.05) is 13.7 Å². The first-order valence-electron chi connectivity index (χ1n) is 6.14. The zero-order chi connectivity index (χ0) is 11.5. The molecule has 1 N–H and O–H groups in total. The van der Waals surface area contributed by atoms with Gasteiger partial charge in [-0.15, -0.1) is 0 Å². The average Bonchev–Trinajstić information content (AvgIpc) is 2.76. The van der Waals surface area contributed by atoms with E-state index in [4.69, 9.17) is 4.74 Å². The van der Waals surface area contributed by atoms with Crippen molar-refractivity contribution in [2.24, 2.45) is 5.92 Å². The standard InChI is InChI=1S/C14H21NO/c1-4-11-8-9-15-13(11)12-7-5-6-10(2)14(12)16-3/h5-7,11,13,15H,4,8-9H2,1-3H3. The summed E-state index contributed by atoms with van der Waals surface area (Å²) >= 11 is 0. The van der Waals surface area contributed by atoms with E-state index in [2.05, 4.69) is 37.4 Å². The molecule has 0 bridgehead atoms. The topological polar surface area (TPSA) is 21.3 Å². The maximum Gasteiger partial charge on any atom is 0.126 e. The molecule has 1 heterocycles. The molecule has 16 heavy (non-hydrogen) atoms. The van der Waals surface area contributed by atoms with Crippen molar-refractivity contribution < 1.29 is 4.74 Å². The van der Waals surface area contributed by atoms with E-state index >= 15 is 0 Å². The van der Waals surface area contributed by atoms with Gasteiger partial charge >= 0.3 is 0 Å². The molecule has 1 aromatic rings. The summed E-state index contributed by atoms with van der Waals surface area (Å²) < 4.78 is 5.54. The third-order valence-corrected chi connectivity index (χ3v) is 3.66. The second kappa shape index (κ2) is 4.88. The summed E-state index contributed by atoms with van der Waals surface area (Å²) in [5.41, 5.74) is 2.55. The fourth-order valence-corrected chi connectivity index (χ4v) is 2.76. The molecule has 2 rings (SSSR count). The van der Waals surface area contributed by atoms with Gasteiger partial charge in [-0.1, -0.05) is 31.5 Å². The third kappa shape index (κ3) is 1.94. The molecule has 2 unspecified atom stereocenters. The number of rotatable bonds is 3. The number of nitrogens with one attached hydrogen (secondary N) is 1. The van der Waals surface area contributed by atoms with Crippen LogP contribution in [0.1, 0.15) is 36.9 Å². The van der Waals surface area contributed by atoms with Crippen LogP contribution >= 0.6 is 0 Å². The van der Waals surface area contributed by atoms with Gasteiger partial charge in [0.1, 0.15) is 5.75 Å². The minimum atomic E-state index is 0.472. The first-order chi connectivity index (χ1) is 7.77. The number of ether oxygens (including phenoxy) is 1. The maximum absolute atomic E-state index is 5.54. The average molecular weight is 219 g/mol. The molecule has 0 radical (unpaired) electrons. The van der Waals surface area contributed by atoms with E-state index in [-0.39, 0.29) is 0 Å². The summed E-state index contributed by atoms with van der Waals surface area (Å²) in [6.07, 6.45) is 2.51. The Balaban J connectivity index is 2.35. The van der Waals surface area contributed by atoms with Crippen molar-refractivity contribution in [3.63, 3.8) is 0 Å². The molecule has 0 aromatic heterocycles. The van der Waals surface area contributed by atoms with E-state index in [0.29, 0.717) is 6.04 Å². The predicted octanol–water partition coefficient (Wildman–Crippen LogP) is 3.06. The molecule has 2 heteroatoms. The molecule has 1 aliphatic heterocycles. The van der Waals surface area contributed by atoms with Gasteiger partial charge in [-0.3, -0.25) is 0 Å². The molecule has 0 aliphatic carbocycles. The van der Waals surface area contributed by atoms with Crippen LogP contribution in [0, 0.1) is 12.8 Å². The second-order valence-corrected chi connectivity index (χ2v) is 4.59. The number of benzene rings is 1. The fraction of sp³-hybridized carbons (Fsp3) is 0.571. The summed E-state index contributed by atoms with van der Waals surface area (Å²) in [5, 5.41) is 3.60. The van der Waals surface area contributed by atoms with E-state index in [9.17, 15) is 0 Å². The lowest BCUT2D eigenvalue weighted by atomic mass is 9.90. The molecule has 1 fully saturated rings. The maximum atomic E-state index is 5.54. The van der Waals surface area contributed by atoms with Crippen molar-refractivity contribution in [3.8, 4) is 5.75 Å². The number of hydrogen-bond donors (Lipinski definition) is 1. The van der Waals surface area contributed by atoms with Gasteiger partial charge in [0.25, 0.3) is 0 Å². The highest BCUT2D eigenvalue weighted by Crippen LogP contribution is 2.37. The normalized spacial score (nSPS) is 24.7. The molecule has 1 aliphatic rings. The molecule has 0 amide bonds. The minimum absolute atomic E-state index is 0.472. The van der Waals surface area contributed by atoms with Crippen LogP contribution in [-0.4, -0.2) is 13.7 Å². The molecule has 0 spiro atoms. The molecule has 2 nitrogen and oxygen atoms in total. The van der Waals surface area contributed by atoms with Gasteiger partial charge in [-0.05, 0) is 31.4 Å². The Bertz CT molecular complexity index is 362. The lowest BCUT2D eigenvalue weighted by molar-refractivity contribution is 0.383. The molecule has 1 saturated heterocycles. The smallest absolute Gasteiger partial charge is 0.126 e. The van der Waals surface area contributed by atoms with Crippen molar-refractivity contribution >= 4 is 0 Å². The molecule has 0 saturated carbocycles. The van der Waals surface area contributed by atoms with Crippen LogP contribution in [0.3, 0.4) is 0 Å². The van der Waals surface area contributed by atoms with Crippen LogP contribution in [0.5, 0.6) is 5.75 Å². The van der Waals surface area contributed by atoms with Gasteiger partial charge < -0.3 is 10.1 Å². The zero-order valence-electron chi connectivity index (χ0n) is 10.4. The summed E-state index contributed by atoms with van der Waals surface area (Å²) in [7, 11) is 1.77. The highest BCUT2D eigenvalue weighted by molar-refractivity contribution is 5.43. The number of para-hydroxylation sites is 1. The largest absolute Gasteiger partial charge is 0.496 e. The quantitative estimate of drug-likeness (QED) is 0.843. The number of methoxy groups -OCH3 is 1. The highest BCUT2D eigenvalue weighted by Gasteiger charge is 2.29. The van der Waals surface area contributed by atoms with Gasteiger partial charge in [0, 0.05) is 11.6 Å². The SMILES string of the molecule is CCC1CCNC1c1cccc(C)c1OC. The van der Waals surface area contributed by atoms with E-state index < -0.39 is 0 Å². The van der Waals surface area contributed by atoms with Crippen molar-refractivity contribution in [2.45, 2.75) is 32.7 Å². The fourth-order valence-electron chi connectivity index (χ4n) is 2.76. The van der Waals surface area contributed by atoms with Crippen LogP contribution in [0.15, 0.2) is 18.2 Å². The predicted molar refractivity (Wildman–Crippen MR) is 66.9 cm³/mol. The Morgan fingerprint density at radius 2 is 2.25 bits per heavy atom. The summed E-state index contributed by atoms with van der Waals surface area (Å²) in [6.45, 7) is 5.51. The van der Waals surface area contributed by atoms with Gasteiger partial charge in [0.15, 0.2) is 0 Å². The second-order valence-electron chi connectivity index (χ2n) is 4.59. The van der Waals surface area contributed by atoms with E-state index in [0.717, 1.165) is 18.2 Å². The van der Waals surface area contributed by atoms with Gasteiger partial charge in [0.05, 0.1) is 7.11 Å². The Hall–Kier alpha value is -1.02. The third-order valence-electron chi connectivity index (χ3n) is 3.66. The molecular weight excluding hydrogens is 198 g/mol. The van der Waals surface area contributed by atoms with Crippen LogP contribution in [0.4, 0.5) is 0 Å². The Morgan fingerprint density at radius 1 is 1.44 bits per heavy atom. The van der Waals surface area contributed by atoms with Crippen molar-refractivity contribution in [3.05, 3.63) is 29.3 Å². The van der Waals surface area contributed by atoms with E-state index in [1.54, 1.807) is 7.11 Å².